The Morgan fingerprint density at radius 3 is 2.70 bits per heavy atom. The summed E-state index contributed by atoms with van der Waals surface area (Å²) < 4.78 is 14.9. The van der Waals surface area contributed by atoms with E-state index >= 15 is 0 Å². The lowest BCUT2D eigenvalue weighted by molar-refractivity contribution is 0.194. The van der Waals surface area contributed by atoms with Gasteiger partial charge in [-0.05, 0) is 48.7 Å². The zero-order valence-corrected chi connectivity index (χ0v) is 15.3. The number of rotatable bonds is 6. The summed E-state index contributed by atoms with van der Waals surface area (Å²) in [4.78, 5) is 18.0. The number of nitrogens with zero attached hydrogens (tertiary/aromatic N) is 4. The summed E-state index contributed by atoms with van der Waals surface area (Å²) in [5.41, 5.74) is 2.78. The lowest BCUT2D eigenvalue weighted by Gasteiger charge is -2.25. The highest BCUT2D eigenvalue weighted by atomic mass is 19.1. The molecule has 6 nitrogen and oxygen atoms in total. The van der Waals surface area contributed by atoms with Crippen LogP contribution in [0.1, 0.15) is 24.1 Å². The van der Waals surface area contributed by atoms with Gasteiger partial charge in [-0.2, -0.15) is 5.10 Å². The van der Waals surface area contributed by atoms with Gasteiger partial charge in [0.1, 0.15) is 18.5 Å². The van der Waals surface area contributed by atoms with E-state index in [1.54, 1.807) is 29.0 Å². The van der Waals surface area contributed by atoms with Crippen molar-refractivity contribution in [3.05, 3.63) is 78.1 Å². The number of carbonyl (C=O) groups excluding carboxylic acids is 1. The van der Waals surface area contributed by atoms with Crippen molar-refractivity contribution in [1.82, 2.24) is 25.0 Å². The van der Waals surface area contributed by atoms with Crippen molar-refractivity contribution in [2.24, 2.45) is 0 Å². The fourth-order valence-corrected chi connectivity index (χ4v) is 2.78. The zero-order valence-electron chi connectivity index (χ0n) is 15.3. The molecule has 0 spiro atoms. The topological polar surface area (TPSA) is 63.1 Å². The minimum atomic E-state index is -0.265. The Kier molecular flexibility index (Phi) is 5.80. The molecule has 0 saturated heterocycles. The van der Waals surface area contributed by atoms with Crippen LogP contribution in [0.15, 0.2) is 61.2 Å². The van der Waals surface area contributed by atoms with Gasteiger partial charge in [0.2, 0.25) is 0 Å². The van der Waals surface area contributed by atoms with E-state index in [9.17, 15) is 9.18 Å². The van der Waals surface area contributed by atoms with Gasteiger partial charge >= 0.3 is 6.03 Å². The van der Waals surface area contributed by atoms with Crippen molar-refractivity contribution in [3.63, 3.8) is 0 Å². The molecule has 0 radical (unpaired) electrons. The predicted octanol–water partition coefficient (Wildman–Crippen LogP) is 3.35. The number of amides is 2. The molecule has 3 aromatic rings. The average molecular weight is 367 g/mol. The van der Waals surface area contributed by atoms with Gasteiger partial charge in [-0.25, -0.2) is 18.9 Å². The number of hydrogen-bond acceptors (Lipinski definition) is 3. The highest BCUT2D eigenvalue weighted by molar-refractivity contribution is 5.74. The summed E-state index contributed by atoms with van der Waals surface area (Å²) in [6.07, 6.45) is 3.70. The average Bonchev–Trinajstić information content (AvgIpc) is 3.22. The van der Waals surface area contributed by atoms with Crippen LogP contribution in [0.5, 0.6) is 0 Å². The largest absolute Gasteiger partial charge is 0.338 e. The normalized spacial score (nSPS) is 11.8. The van der Waals surface area contributed by atoms with Gasteiger partial charge in [-0.3, -0.25) is 0 Å². The third kappa shape index (κ3) is 4.69. The van der Waals surface area contributed by atoms with Crippen molar-refractivity contribution < 1.29 is 9.18 Å². The Morgan fingerprint density at radius 1 is 1.26 bits per heavy atom. The molecule has 0 unspecified atom stereocenters. The summed E-state index contributed by atoms with van der Waals surface area (Å²) in [7, 11) is 1.76. The lowest BCUT2D eigenvalue weighted by atomic mass is 10.1. The fourth-order valence-electron chi connectivity index (χ4n) is 2.78. The highest BCUT2D eigenvalue weighted by Gasteiger charge is 2.17. The van der Waals surface area contributed by atoms with E-state index < -0.39 is 0 Å². The zero-order chi connectivity index (χ0) is 19.2. The summed E-state index contributed by atoms with van der Waals surface area (Å²) in [6.45, 7) is 2.42. The first kappa shape index (κ1) is 18.6. The monoisotopic (exact) mass is 367 g/mol. The SMILES string of the molecule is C[C@@H](c1ccc(-n2cncn2)cc1)N(C)C(=O)NCCc1cccc(F)c1. The minimum Gasteiger partial charge on any atom is -0.338 e. The molecule has 0 aliphatic rings. The molecule has 1 heterocycles. The summed E-state index contributed by atoms with van der Waals surface area (Å²) >= 11 is 0. The Bertz CT molecular complexity index is 880. The molecule has 1 atom stereocenters. The second-order valence-corrected chi connectivity index (χ2v) is 6.33. The molecule has 2 amide bonds. The van der Waals surface area contributed by atoms with Crippen LogP contribution in [0.4, 0.5) is 9.18 Å². The van der Waals surface area contributed by atoms with Gasteiger partial charge in [-0.15, -0.1) is 0 Å². The Labute approximate surface area is 157 Å². The molecule has 140 valence electrons. The van der Waals surface area contributed by atoms with Crippen LogP contribution in [-0.2, 0) is 6.42 Å². The maximum Gasteiger partial charge on any atom is 0.317 e. The predicted molar refractivity (Wildman–Crippen MR) is 101 cm³/mol. The molecular formula is C20H22FN5O. The molecular weight excluding hydrogens is 345 g/mol. The van der Waals surface area contributed by atoms with Gasteiger partial charge in [-0.1, -0.05) is 24.3 Å². The van der Waals surface area contributed by atoms with Crippen LogP contribution in [0.3, 0.4) is 0 Å². The van der Waals surface area contributed by atoms with Crippen molar-refractivity contribution in [3.8, 4) is 5.69 Å². The van der Waals surface area contributed by atoms with Gasteiger partial charge in [0.15, 0.2) is 0 Å². The summed E-state index contributed by atoms with van der Waals surface area (Å²) in [5.74, 6) is -0.265. The van der Waals surface area contributed by atoms with Gasteiger partial charge in [0.05, 0.1) is 11.7 Å². The van der Waals surface area contributed by atoms with Crippen LogP contribution in [0, 0.1) is 5.82 Å². The van der Waals surface area contributed by atoms with Crippen molar-refractivity contribution in [1.29, 1.82) is 0 Å². The first-order chi connectivity index (χ1) is 13.0. The number of halogens is 1. The molecule has 7 heteroatoms. The Morgan fingerprint density at radius 2 is 2.04 bits per heavy atom. The summed E-state index contributed by atoms with van der Waals surface area (Å²) in [5, 5.41) is 6.97. The Balaban J connectivity index is 1.54. The van der Waals surface area contributed by atoms with E-state index in [0.29, 0.717) is 13.0 Å². The maximum absolute atomic E-state index is 13.2. The quantitative estimate of drug-likeness (QED) is 0.727. The maximum atomic E-state index is 13.2. The molecule has 1 aromatic heterocycles. The molecule has 0 fully saturated rings. The molecule has 3 rings (SSSR count). The lowest BCUT2D eigenvalue weighted by Crippen LogP contribution is -2.39. The van der Waals surface area contributed by atoms with Gasteiger partial charge in [0.25, 0.3) is 0 Å². The van der Waals surface area contributed by atoms with Crippen molar-refractivity contribution >= 4 is 6.03 Å². The van der Waals surface area contributed by atoms with Crippen molar-refractivity contribution in [2.45, 2.75) is 19.4 Å². The number of benzene rings is 2. The number of nitrogens with one attached hydrogen (secondary N) is 1. The second kappa shape index (κ2) is 8.44. The molecule has 0 aliphatic heterocycles. The fraction of sp³-hybridized carbons (Fsp3) is 0.250. The first-order valence-electron chi connectivity index (χ1n) is 8.74. The van der Waals surface area contributed by atoms with Crippen LogP contribution >= 0.6 is 0 Å². The summed E-state index contributed by atoms with van der Waals surface area (Å²) in [6, 6.07) is 14.0. The Hall–Kier alpha value is -3.22. The van der Waals surface area contributed by atoms with E-state index in [0.717, 1.165) is 16.8 Å². The number of carbonyl (C=O) groups is 1. The van der Waals surface area contributed by atoms with E-state index in [-0.39, 0.29) is 17.9 Å². The molecule has 27 heavy (non-hydrogen) atoms. The van der Waals surface area contributed by atoms with Crippen LogP contribution in [-0.4, -0.2) is 39.3 Å². The minimum absolute atomic E-state index is 0.0935. The van der Waals surface area contributed by atoms with E-state index in [2.05, 4.69) is 15.4 Å². The molecule has 2 aromatic carbocycles. The molecule has 0 aliphatic carbocycles. The highest BCUT2D eigenvalue weighted by Crippen LogP contribution is 2.20. The second-order valence-electron chi connectivity index (χ2n) is 6.33. The third-order valence-electron chi connectivity index (χ3n) is 4.54. The van der Waals surface area contributed by atoms with Crippen LogP contribution in [0.25, 0.3) is 5.69 Å². The molecule has 0 bridgehead atoms. The first-order valence-corrected chi connectivity index (χ1v) is 8.74. The number of aromatic nitrogens is 3. The standard InChI is InChI=1S/C20H22FN5O/c1-15(17-6-8-19(9-7-17)26-14-22-13-24-26)25(2)20(27)23-11-10-16-4-3-5-18(21)12-16/h3-9,12-15H,10-11H2,1-2H3,(H,23,27)/t15-/m0/s1. The molecule has 1 N–H and O–H groups in total. The number of urea groups is 1. The van der Waals surface area contributed by atoms with Crippen LogP contribution < -0.4 is 5.32 Å². The molecule has 0 saturated carbocycles. The number of hydrogen-bond donors (Lipinski definition) is 1. The van der Waals surface area contributed by atoms with Gasteiger partial charge in [0, 0.05) is 13.6 Å². The van der Waals surface area contributed by atoms with E-state index in [1.807, 2.05) is 37.3 Å². The van der Waals surface area contributed by atoms with E-state index in [1.165, 1.54) is 18.5 Å². The van der Waals surface area contributed by atoms with E-state index in [4.69, 9.17) is 0 Å². The van der Waals surface area contributed by atoms with Crippen LogP contribution in [0.2, 0.25) is 0 Å². The van der Waals surface area contributed by atoms with Crippen molar-refractivity contribution in [2.75, 3.05) is 13.6 Å². The third-order valence-corrected chi connectivity index (χ3v) is 4.54. The smallest absolute Gasteiger partial charge is 0.317 e. The van der Waals surface area contributed by atoms with Gasteiger partial charge < -0.3 is 10.2 Å².